The van der Waals surface area contributed by atoms with Crippen LogP contribution in [-0.2, 0) is 14.8 Å². The molecule has 1 fully saturated rings. The molecule has 1 saturated heterocycles. The molecule has 5 nitrogen and oxygen atoms in total. The molecule has 0 amide bonds. The average molecular weight is 302 g/mol. The summed E-state index contributed by atoms with van der Waals surface area (Å²) in [5.41, 5.74) is 5.59. The molecular weight excluding hydrogens is 283 g/mol. The first-order valence-corrected chi connectivity index (χ1v) is 7.94. The molecule has 1 aromatic carbocycles. The third-order valence-electron chi connectivity index (χ3n) is 3.37. The summed E-state index contributed by atoms with van der Waals surface area (Å²) in [6, 6.07) is 3.35. The number of halogens is 1. The lowest BCUT2D eigenvalue weighted by molar-refractivity contribution is 0.0495. The van der Waals surface area contributed by atoms with Crippen LogP contribution in [0.3, 0.4) is 0 Å². The summed E-state index contributed by atoms with van der Waals surface area (Å²) in [7, 11) is -2.23. The third kappa shape index (κ3) is 3.47. The van der Waals surface area contributed by atoms with Gasteiger partial charge in [-0.2, -0.15) is 0 Å². The Kier molecular flexibility index (Phi) is 4.62. The second-order valence-electron chi connectivity index (χ2n) is 5.09. The van der Waals surface area contributed by atoms with Crippen molar-refractivity contribution in [3.63, 3.8) is 0 Å². The van der Waals surface area contributed by atoms with Crippen molar-refractivity contribution in [3.8, 4) is 0 Å². The number of ether oxygens (including phenoxy) is 1. The Labute approximate surface area is 118 Å². The van der Waals surface area contributed by atoms with Gasteiger partial charge in [-0.1, -0.05) is 0 Å². The van der Waals surface area contributed by atoms with Crippen molar-refractivity contribution in [1.82, 2.24) is 4.31 Å². The van der Waals surface area contributed by atoms with Crippen molar-refractivity contribution in [3.05, 3.63) is 24.0 Å². The number of hydrogen-bond donors (Lipinski definition) is 1. The maximum atomic E-state index is 13.3. The van der Waals surface area contributed by atoms with E-state index in [-0.39, 0.29) is 16.5 Å². The van der Waals surface area contributed by atoms with Crippen molar-refractivity contribution in [1.29, 1.82) is 0 Å². The average Bonchev–Trinajstić information content (AvgIpc) is 2.38. The van der Waals surface area contributed by atoms with E-state index in [2.05, 4.69) is 0 Å². The van der Waals surface area contributed by atoms with Gasteiger partial charge in [0.05, 0.1) is 11.5 Å². The number of nitrogens with zero attached hydrogens (tertiary/aromatic N) is 1. The van der Waals surface area contributed by atoms with Crippen LogP contribution in [0.15, 0.2) is 23.1 Å². The summed E-state index contributed by atoms with van der Waals surface area (Å²) < 4.78 is 44.6. The Hall–Kier alpha value is -1.18. The number of hydrogen-bond acceptors (Lipinski definition) is 4. The highest BCUT2D eigenvalue weighted by atomic mass is 32.2. The van der Waals surface area contributed by atoms with Crippen LogP contribution in [0.1, 0.15) is 12.8 Å². The first-order valence-electron chi connectivity index (χ1n) is 6.50. The molecular formula is C13H19FN2O3S. The van der Waals surface area contributed by atoms with Gasteiger partial charge in [0.25, 0.3) is 0 Å². The van der Waals surface area contributed by atoms with Crippen LogP contribution in [0.25, 0.3) is 0 Å². The van der Waals surface area contributed by atoms with Crippen LogP contribution in [0.4, 0.5) is 10.1 Å². The first-order chi connectivity index (χ1) is 9.39. The van der Waals surface area contributed by atoms with E-state index in [1.807, 2.05) is 0 Å². The Bertz CT molecular complexity index is 551. The standard InChI is InChI=1S/C13H19FN2O3S/c1-16(8-10-3-2-4-19-9-10)20(17,18)13-6-11(14)5-12(15)7-13/h5-7,10H,2-4,8-9,15H2,1H3. The van der Waals surface area contributed by atoms with E-state index in [0.29, 0.717) is 13.2 Å². The van der Waals surface area contributed by atoms with E-state index in [4.69, 9.17) is 10.5 Å². The second-order valence-corrected chi connectivity index (χ2v) is 7.13. The van der Waals surface area contributed by atoms with E-state index < -0.39 is 15.8 Å². The Morgan fingerprint density at radius 2 is 2.20 bits per heavy atom. The maximum absolute atomic E-state index is 13.3. The molecule has 1 aliphatic rings. The SMILES string of the molecule is CN(CC1CCCOC1)S(=O)(=O)c1cc(N)cc(F)c1. The van der Waals surface area contributed by atoms with Gasteiger partial charge in [-0.25, -0.2) is 17.1 Å². The molecule has 0 spiro atoms. The molecule has 2 N–H and O–H groups in total. The molecule has 1 aliphatic heterocycles. The van der Waals surface area contributed by atoms with Gasteiger partial charge < -0.3 is 10.5 Å². The van der Waals surface area contributed by atoms with E-state index in [1.54, 1.807) is 0 Å². The predicted octanol–water partition coefficient (Wildman–Crippen LogP) is 1.45. The summed E-state index contributed by atoms with van der Waals surface area (Å²) in [6.07, 6.45) is 1.87. The lowest BCUT2D eigenvalue weighted by atomic mass is 10.0. The van der Waals surface area contributed by atoms with Crippen molar-refractivity contribution < 1.29 is 17.5 Å². The number of sulfonamides is 1. The van der Waals surface area contributed by atoms with Gasteiger partial charge in [0.2, 0.25) is 10.0 Å². The molecule has 0 saturated carbocycles. The van der Waals surface area contributed by atoms with Gasteiger partial charge in [0.1, 0.15) is 5.82 Å². The topological polar surface area (TPSA) is 72.6 Å². The molecule has 20 heavy (non-hydrogen) atoms. The first kappa shape index (κ1) is 15.2. The predicted molar refractivity (Wildman–Crippen MR) is 74.2 cm³/mol. The monoisotopic (exact) mass is 302 g/mol. The number of rotatable bonds is 4. The molecule has 1 aromatic rings. The summed E-state index contributed by atoms with van der Waals surface area (Å²) in [5, 5.41) is 0. The molecule has 0 aliphatic carbocycles. The zero-order valence-corrected chi connectivity index (χ0v) is 12.2. The lowest BCUT2D eigenvalue weighted by Gasteiger charge is -2.26. The Balaban J connectivity index is 2.15. The van der Waals surface area contributed by atoms with Gasteiger partial charge in [-0.15, -0.1) is 0 Å². The van der Waals surface area contributed by atoms with Crippen molar-refractivity contribution >= 4 is 15.7 Å². The molecule has 2 rings (SSSR count). The summed E-state index contributed by atoms with van der Waals surface area (Å²) in [6.45, 7) is 1.65. The van der Waals surface area contributed by atoms with Crippen molar-refractivity contribution in [2.45, 2.75) is 17.7 Å². The van der Waals surface area contributed by atoms with Crippen LogP contribution >= 0.6 is 0 Å². The lowest BCUT2D eigenvalue weighted by Crippen LogP contribution is -2.35. The minimum atomic E-state index is -3.73. The molecule has 1 heterocycles. The quantitative estimate of drug-likeness (QED) is 0.855. The molecule has 112 valence electrons. The van der Waals surface area contributed by atoms with Gasteiger partial charge in [0.15, 0.2) is 0 Å². The van der Waals surface area contributed by atoms with Crippen molar-refractivity contribution in [2.24, 2.45) is 5.92 Å². The fourth-order valence-corrected chi connectivity index (χ4v) is 3.64. The Morgan fingerprint density at radius 3 is 2.80 bits per heavy atom. The van der Waals surface area contributed by atoms with Crippen LogP contribution in [0.2, 0.25) is 0 Å². The van der Waals surface area contributed by atoms with Gasteiger partial charge in [-0.05, 0) is 37.0 Å². The van der Waals surface area contributed by atoms with Crippen LogP contribution < -0.4 is 5.73 Å². The fraction of sp³-hybridized carbons (Fsp3) is 0.538. The number of nitrogen functional groups attached to an aromatic ring is 1. The molecule has 1 atom stereocenters. The van der Waals surface area contributed by atoms with Gasteiger partial charge in [-0.3, -0.25) is 0 Å². The van der Waals surface area contributed by atoms with E-state index in [9.17, 15) is 12.8 Å². The van der Waals surface area contributed by atoms with Crippen LogP contribution in [-0.4, -0.2) is 39.5 Å². The highest BCUT2D eigenvalue weighted by Gasteiger charge is 2.25. The van der Waals surface area contributed by atoms with E-state index in [1.165, 1.54) is 17.4 Å². The molecule has 7 heteroatoms. The maximum Gasteiger partial charge on any atom is 0.243 e. The van der Waals surface area contributed by atoms with Gasteiger partial charge in [0, 0.05) is 25.9 Å². The summed E-state index contributed by atoms with van der Waals surface area (Å²) >= 11 is 0. The Morgan fingerprint density at radius 1 is 1.45 bits per heavy atom. The van der Waals surface area contributed by atoms with E-state index in [0.717, 1.165) is 31.6 Å². The largest absolute Gasteiger partial charge is 0.399 e. The van der Waals surface area contributed by atoms with Gasteiger partial charge >= 0.3 is 0 Å². The zero-order chi connectivity index (χ0) is 14.8. The highest BCUT2D eigenvalue weighted by Crippen LogP contribution is 2.22. The normalized spacial score (nSPS) is 20.2. The van der Waals surface area contributed by atoms with Crippen LogP contribution in [0.5, 0.6) is 0 Å². The van der Waals surface area contributed by atoms with Crippen molar-refractivity contribution in [2.75, 3.05) is 32.5 Å². The number of nitrogens with two attached hydrogens (primary N) is 1. The molecule has 0 aromatic heterocycles. The highest BCUT2D eigenvalue weighted by molar-refractivity contribution is 7.89. The summed E-state index contributed by atoms with van der Waals surface area (Å²) in [4.78, 5) is -0.116. The molecule has 1 unspecified atom stereocenters. The van der Waals surface area contributed by atoms with E-state index >= 15 is 0 Å². The molecule has 0 bridgehead atoms. The number of anilines is 1. The fourth-order valence-electron chi connectivity index (χ4n) is 2.33. The molecule has 0 radical (unpaired) electrons. The second kappa shape index (κ2) is 6.07. The minimum absolute atomic E-state index is 0.0953. The van der Waals surface area contributed by atoms with Crippen LogP contribution in [0, 0.1) is 11.7 Å². The number of benzene rings is 1. The summed E-state index contributed by atoms with van der Waals surface area (Å²) in [5.74, 6) is -0.479. The smallest absolute Gasteiger partial charge is 0.243 e. The zero-order valence-electron chi connectivity index (χ0n) is 11.4. The third-order valence-corrected chi connectivity index (χ3v) is 5.17. The minimum Gasteiger partial charge on any atom is -0.399 e.